The van der Waals surface area contributed by atoms with Crippen molar-refractivity contribution in [3.05, 3.63) is 0 Å². The van der Waals surface area contributed by atoms with Crippen LogP contribution in [0.15, 0.2) is 0 Å². The molecule has 68 valence electrons. The number of aliphatic hydroxyl groups is 1. The second-order valence-electron chi connectivity index (χ2n) is 3.56. The van der Waals surface area contributed by atoms with Crippen molar-refractivity contribution in [1.29, 1.82) is 0 Å². The summed E-state index contributed by atoms with van der Waals surface area (Å²) >= 11 is 4.11. The van der Waals surface area contributed by atoms with E-state index in [2.05, 4.69) is 26.5 Å². The third-order valence-corrected chi connectivity index (χ3v) is 3.01. The molecule has 0 radical (unpaired) electrons. The second-order valence-corrected chi connectivity index (χ2v) is 3.87. The lowest BCUT2D eigenvalue weighted by atomic mass is 9.88. The van der Waals surface area contributed by atoms with E-state index < -0.39 is 5.60 Å². The van der Waals surface area contributed by atoms with Crippen molar-refractivity contribution in [3.63, 3.8) is 0 Å². The molecular formula is C9H20OS. The number of hydrogen-bond acceptors (Lipinski definition) is 2. The third-order valence-electron chi connectivity index (χ3n) is 2.37. The van der Waals surface area contributed by atoms with Gasteiger partial charge in [-0.3, -0.25) is 0 Å². The molecule has 1 nitrogen and oxygen atoms in total. The van der Waals surface area contributed by atoms with Gasteiger partial charge in [0, 0.05) is 5.75 Å². The largest absolute Gasteiger partial charge is 0.389 e. The summed E-state index contributed by atoms with van der Waals surface area (Å²) in [5.74, 6) is 0.915. The van der Waals surface area contributed by atoms with Gasteiger partial charge in [-0.25, -0.2) is 0 Å². The minimum atomic E-state index is -0.585. The minimum Gasteiger partial charge on any atom is -0.389 e. The first-order chi connectivity index (χ1) is 5.04. The summed E-state index contributed by atoms with van der Waals surface area (Å²) in [5.41, 5.74) is -0.585. The average molecular weight is 176 g/mol. The molecule has 0 fully saturated rings. The van der Waals surface area contributed by atoms with Crippen molar-refractivity contribution in [3.8, 4) is 0 Å². The van der Waals surface area contributed by atoms with Gasteiger partial charge < -0.3 is 5.11 Å². The minimum absolute atomic E-state index is 0.361. The van der Waals surface area contributed by atoms with E-state index in [1.807, 2.05) is 6.92 Å². The van der Waals surface area contributed by atoms with Gasteiger partial charge in [-0.2, -0.15) is 12.6 Å². The van der Waals surface area contributed by atoms with E-state index in [1.165, 1.54) is 12.8 Å². The van der Waals surface area contributed by atoms with E-state index in [-0.39, 0.29) is 0 Å². The Kier molecular flexibility index (Phi) is 5.19. The van der Waals surface area contributed by atoms with Crippen LogP contribution in [0.1, 0.15) is 40.0 Å². The lowest BCUT2D eigenvalue weighted by Gasteiger charge is -2.28. The van der Waals surface area contributed by atoms with Gasteiger partial charge >= 0.3 is 0 Å². The molecule has 1 N–H and O–H groups in total. The summed E-state index contributed by atoms with van der Waals surface area (Å²) < 4.78 is 0. The molecule has 0 aromatic carbocycles. The highest BCUT2D eigenvalue weighted by Crippen LogP contribution is 2.23. The Balaban J connectivity index is 3.71. The molecule has 0 aliphatic carbocycles. The second kappa shape index (κ2) is 5.04. The van der Waals surface area contributed by atoms with Crippen LogP contribution in [0.5, 0.6) is 0 Å². The lowest BCUT2D eigenvalue weighted by molar-refractivity contribution is 0.0256. The third kappa shape index (κ3) is 4.02. The number of hydrogen-bond donors (Lipinski definition) is 2. The topological polar surface area (TPSA) is 20.2 Å². The maximum atomic E-state index is 9.74. The van der Waals surface area contributed by atoms with Gasteiger partial charge in [-0.15, -0.1) is 0 Å². The first-order valence-corrected chi connectivity index (χ1v) is 5.01. The summed E-state index contributed by atoms with van der Waals surface area (Å²) in [7, 11) is 0. The fraction of sp³-hybridized carbons (Fsp3) is 1.00. The molecule has 2 atom stereocenters. The smallest absolute Gasteiger partial charge is 0.0732 e. The first kappa shape index (κ1) is 11.3. The normalized spacial score (nSPS) is 19.4. The predicted molar refractivity (Wildman–Crippen MR) is 53.2 cm³/mol. The molecule has 0 saturated carbocycles. The lowest BCUT2D eigenvalue weighted by Crippen LogP contribution is -2.34. The van der Waals surface area contributed by atoms with E-state index in [0.29, 0.717) is 11.7 Å². The molecule has 0 rings (SSSR count). The molecule has 0 aromatic rings. The van der Waals surface area contributed by atoms with Crippen molar-refractivity contribution in [2.45, 2.75) is 45.6 Å². The van der Waals surface area contributed by atoms with Crippen LogP contribution in [0, 0.1) is 5.92 Å². The molecule has 0 heterocycles. The molecular weight excluding hydrogens is 156 g/mol. The van der Waals surface area contributed by atoms with Gasteiger partial charge in [0.25, 0.3) is 0 Å². The molecule has 0 spiro atoms. The van der Waals surface area contributed by atoms with E-state index in [1.54, 1.807) is 0 Å². The van der Waals surface area contributed by atoms with Crippen LogP contribution in [0.25, 0.3) is 0 Å². The Morgan fingerprint density at radius 3 is 2.45 bits per heavy atom. The highest BCUT2D eigenvalue weighted by atomic mass is 32.1. The molecule has 0 bridgehead atoms. The molecule has 2 unspecified atom stereocenters. The van der Waals surface area contributed by atoms with E-state index in [0.717, 1.165) is 6.42 Å². The zero-order chi connectivity index (χ0) is 8.91. The Morgan fingerprint density at radius 1 is 1.55 bits per heavy atom. The number of unbranched alkanes of at least 4 members (excludes halogenated alkanes) is 1. The Morgan fingerprint density at radius 2 is 2.09 bits per heavy atom. The first-order valence-electron chi connectivity index (χ1n) is 4.37. The molecule has 0 saturated heterocycles. The molecule has 0 aromatic heterocycles. The van der Waals surface area contributed by atoms with E-state index in [4.69, 9.17) is 0 Å². The summed E-state index contributed by atoms with van der Waals surface area (Å²) in [6.07, 6.45) is 3.50. The standard InChI is InChI=1S/C9H20OS/c1-4-5-6-8(2)9(3,10)7-11/h8,10-11H,4-7H2,1-3H3. The van der Waals surface area contributed by atoms with Crippen molar-refractivity contribution < 1.29 is 5.11 Å². The maximum Gasteiger partial charge on any atom is 0.0732 e. The highest BCUT2D eigenvalue weighted by molar-refractivity contribution is 7.80. The van der Waals surface area contributed by atoms with Crippen LogP contribution >= 0.6 is 12.6 Å². The van der Waals surface area contributed by atoms with Gasteiger partial charge in [0.1, 0.15) is 0 Å². The van der Waals surface area contributed by atoms with Crippen LogP contribution in [0.4, 0.5) is 0 Å². The van der Waals surface area contributed by atoms with Crippen LogP contribution in [-0.2, 0) is 0 Å². The zero-order valence-electron chi connectivity index (χ0n) is 7.80. The van der Waals surface area contributed by atoms with Crippen LogP contribution in [0.2, 0.25) is 0 Å². The van der Waals surface area contributed by atoms with Crippen LogP contribution in [-0.4, -0.2) is 16.5 Å². The fourth-order valence-electron chi connectivity index (χ4n) is 0.977. The molecule has 0 amide bonds. The average Bonchev–Trinajstić information content (AvgIpc) is 2.00. The summed E-state index contributed by atoms with van der Waals surface area (Å²) in [4.78, 5) is 0. The van der Waals surface area contributed by atoms with Crippen molar-refractivity contribution in [1.82, 2.24) is 0 Å². The van der Waals surface area contributed by atoms with Crippen LogP contribution < -0.4 is 0 Å². The molecule has 2 heteroatoms. The SMILES string of the molecule is CCCCC(C)C(C)(O)CS. The fourth-order valence-corrected chi connectivity index (χ4v) is 1.29. The van der Waals surface area contributed by atoms with Gasteiger partial charge in [0.05, 0.1) is 5.60 Å². The van der Waals surface area contributed by atoms with Gasteiger partial charge in [-0.1, -0.05) is 26.7 Å². The molecule has 0 aliphatic rings. The van der Waals surface area contributed by atoms with Gasteiger partial charge in [-0.05, 0) is 19.3 Å². The quantitative estimate of drug-likeness (QED) is 0.617. The van der Waals surface area contributed by atoms with Crippen molar-refractivity contribution >= 4 is 12.6 Å². The van der Waals surface area contributed by atoms with Gasteiger partial charge in [0.2, 0.25) is 0 Å². The molecule has 0 aliphatic heterocycles. The summed E-state index contributed by atoms with van der Waals surface area (Å²) in [6.45, 7) is 6.12. The Labute approximate surface area is 75.6 Å². The highest BCUT2D eigenvalue weighted by Gasteiger charge is 2.25. The monoisotopic (exact) mass is 176 g/mol. The number of thiol groups is 1. The van der Waals surface area contributed by atoms with Crippen molar-refractivity contribution in [2.24, 2.45) is 5.92 Å². The van der Waals surface area contributed by atoms with Crippen LogP contribution in [0.3, 0.4) is 0 Å². The predicted octanol–water partition coefficient (Wildman–Crippen LogP) is 2.49. The van der Waals surface area contributed by atoms with Gasteiger partial charge in [0.15, 0.2) is 0 Å². The maximum absolute atomic E-state index is 9.74. The Hall–Kier alpha value is 0.310. The van der Waals surface area contributed by atoms with E-state index in [9.17, 15) is 5.11 Å². The summed E-state index contributed by atoms with van der Waals surface area (Å²) in [5, 5.41) is 9.74. The van der Waals surface area contributed by atoms with E-state index >= 15 is 0 Å². The Bertz CT molecular complexity index is 102. The summed E-state index contributed by atoms with van der Waals surface area (Å²) in [6, 6.07) is 0. The molecule has 11 heavy (non-hydrogen) atoms. The zero-order valence-corrected chi connectivity index (χ0v) is 8.69. The van der Waals surface area contributed by atoms with Crippen molar-refractivity contribution in [2.75, 3.05) is 5.75 Å². The number of rotatable bonds is 5.